The van der Waals surface area contributed by atoms with Gasteiger partial charge in [0.25, 0.3) is 5.91 Å². The fourth-order valence-electron chi connectivity index (χ4n) is 2.10. The molecule has 3 N–H and O–H groups in total. The first-order valence-electron chi connectivity index (χ1n) is 6.48. The van der Waals surface area contributed by atoms with Gasteiger partial charge in [0.05, 0.1) is 11.3 Å². The fourth-order valence-corrected chi connectivity index (χ4v) is 2.10. The Labute approximate surface area is 119 Å². The minimum atomic E-state index is -0.0505. The predicted molar refractivity (Wildman–Crippen MR) is 81.2 cm³/mol. The van der Waals surface area contributed by atoms with Crippen LogP contribution in [0.2, 0.25) is 0 Å². The highest BCUT2D eigenvalue weighted by molar-refractivity contribution is 5.99. The molecular weight excluding hydrogens is 250 g/mol. The fraction of sp³-hybridized carbons (Fsp3) is 0.188. The second-order valence-corrected chi connectivity index (χ2v) is 4.84. The van der Waals surface area contributed by atoms with Gasteiger partial charge >= 0.3 is 0 Å². The van der Waals surface area contributed by atoms with Crippen molar-refractivity contribution >= 4 is 11.6 Å². The number of carbonyl (C=O) groups is 1. The van der Waals surface area contributed by atoms with Crippen LogP contribution in [0.25, 0.3) is 0 Å². The molecule has 2 aromatic rings. The molecule has 0 unspecified atom stereocenters. The molecule has 0 saturated carbocycles. The summed E-state index contributed by atoms with van der Waals surface area (Å²) in [7, 11) is 1.79. The molecule has 0 aliphatic heterocycles. The zero-order chi connectivity index (χ0) is 14.5. The zero-order valence-electron chi connectivity index (χ0n) is 11.8. The third-order valence-electron chi connectivity index (χ3n) is 3.17. The molecule has 4 nitrogen and oxygen atoms in total. The maximum atomic E-state index is 12.5. The lowest BCUT2D eigenvalue weighted by Crippen LogP contribution is -2.27. The molecule has 0 spiro atoms. The van der Waals surface area contributed by atoms with E-state index in [-0.39, 0.29) is 5.91 Å². The standard InChI is InChI=1S/C16H19N3O/c1-12-8-9-15(18-17)14(10-12)16(20)19(2)11-13-6-4-3-5-7-13/h3-10,18H,11,17H2,1-2H3. The van der Waals surface area contributed by atoms with Crippen LogP contribution in [0.4, 0.5) is 5.69 Å². The average Bonchev–Trinajstić information content (AvgIpc) is 2.47. The highest BCUT2D eigenvalue weighted by Crippen LogP contribution is 2.19. The molecule has 1 amide bonds. The molecule has 20 heavy (non-hydrogen) atoms. The Bertz CT molecular complexity index is 596. The molecule has 2 aromatic carbocycles. The number of aryl methyl sites for hydroxylation is 1. The monoisotopic (exact) mass is 269 g/mol. The summed E-state index contributed by atoms with van der Waals surface area (Å²) in [5.41, 5.74) is 5.93. The molecule has 0 aliphatic rings. The Morgan fingerprint density at radius 1 is 1.20 bits per heavy atom. The van der Waals surface area contributed by atoms with Crippen molar-refractivity contribution in [2.24, 2.45) is 5.84 Å². The topological polar surface area (TPSA) is 58.4 Å². The van der Waals surface area contributed by atoms with Gasteiger partial charge in [-0.3, -0.25) is 10.6 Å². The Hall–Kier alpha value is -2.33. The summed E-state index contributed by atoms with van der Waals surface area (Å²) in [5, 5.41) is 0. The number of anilines is 1. The van der Waals surface area contributed by atoms with Gasteiger partial charge in [-0.25, -0.2) is 0 Å². The average molecular weight is 269 g/mol. The number of nitrogens with one attached hydrogen (secondary N) is 1. The maximum absolute atomic E-state index is 12.5. The van der Waals surface area contributed by atoms with Gasteiger partial charge in [-0.05, 0) is 24.6 Å². The second-order valence-electron chi connectivity index (χ2n) is 4.84. The minimum Gasteiger partial charge on any atom is -0.337 e. The van der Waals surface area contributed by atoms with Crippen molar-refractivity contribution in [3.8, 4) is 0 Å². The van der Waals surface area contributed by atoms with E-state index in [2.05, 4.69) is 5.43 Å². The van der Waals surface area contributed by atoms with Gasteiger partial charge in [0.1, 0.15) is 0 Å². The van der Waals surface area contributed by atoms with E-state index >= 15 is 0 Å². The van der Waals surface area contributed by atoms with E-state index in [1.165, 1.54) is 0 Å². The Kier molecular flexibility index (Phi) is 4.38. The van der Waals surface area contributed by atoms with Crippen LogP contribution in [0.15, 0.2) is 48.5 Å². The van der Waals surface area contributed by atoms with Crippen molar-refractivity contribution in [1.29, 1.82) is 0 Å². The maximum Gasteiger partial charge on any atom is 0.256 e. The Morgan fingerprint density at radius 3 is 2.55 bits per heavy atom. The third kappa shape index (κ3) is 3.16. The van der Waals surface area contributed by atoms with E-state index in [1.807, 2.05) is 55.5 Å². The van der Waals surface area contributed by atoms with Crippen molar-refractivity contribution in [2.75, 3.05) is 12.5 Å². The third-order valence-corrected chi connectivity index (χ3v) is 3.17. The summed E-state index contributed by atoms with van der Waals surface area (Å²) in [6, 6.07) is 15.5. The van der Waals surface area contributed by atoms with Crippen molar-refractivity contribution in [3.63, 3.8) is 0 Å². The number of nitrogens with two attached hydrogens (primary N) is 1. The van der Waals surface area contributed by atoms with E-state index in [0.29, 0.717) is 17.8 Å². The number of amides is 1. The lowest BCUT2D eigenvalue weighted by molar-refractivity contribution is 0.0786. The van der Waals surface area contributed by atoms with Crippen molar-refractivity contribution in [2.45, 2.75) is 13.5 Å². The molecule has 0 bridgehead atoms. The summed E-state index contributed by atoms with van der Waals surface area (Å²) in [4.78, 5) is 14.2. The van der Waals surface area contributed by atoms with Crippen LogP contribution in [0, 0.1) is 6.92 Å². The molecule has 0 saturated heterocycles. The number of hydrogen-bond donors (Lipinski definition) is 2. The first kappa shape index (κ1) is 14.1. The lowest BCUT2D eigenvalue weighted by atomic mass is 10.1. The van der Waals surface area contributed by atoms with Crippen molar-refractivity contribution in [1.82, 2.24) is 4.90 Å². The number of nitrogen functional groups attached to an aromatic ring is 1. The highest BCUT2D eigenvalue weighted by Gasteiger charge is 2.16. The van der Waals surface area contributed by atoms with Gasteiger partial charge in [0.15, 0.2) is 0 Å². The summed E-state index contributed by atoms with van der Waals surface area (Å²) < 4.78 is 0. The largest absolute Gasteiger partial charge is 0.337 e. The predicted octanol–water partition coefficient (Wildman–Crippen LogP) is 2.55. The number of hydrazine groups is 1. The van der Waals surface area contributed by atoms with Crippen LogP contribution in [-0.4, -0.2) is 17.9 Å². The molecule has 104 valence electrons. The molecule has 0 atom stereocenters. The van der Waals surface area contributed by atoms with Crippen molar-refractivity contribution in [3.05, 3.63) is 65.2 Å². The SMILES string of the molecule is Cc1ccc(NN)c(C(=O)N(C)Cc2ccccc2)c1. The molecular formula is C16H19N3O. The lowest BCUT2D eigenvalue weighted by Gasteiger charge is -2.19. The second kappa shape index (κ2) is 6.21. The summed E-state index contributed by atoms with van der Waals surface area (Å²) in [6.45, 7) is 2.52. The van der Waals surface area contributed by atoms with Crippen LogP contribution in [0.1, 0.15) is 21.5 Å². The molecule has 0 heterocycles. The van der Waals surface area contributed by atoms with Gasteiger partial charge in [-0.2, -0.15) is 0 Å². The smallest absolute Gasteiger partial charge is 0.256 e. The molecule has 2 rings (SSSR count). The van der Waals surface area contributed by atoms with Gasteiger partial charge in [0.2, 0.25) is 0 Å². The highest BCUT2D eigenvalue weighted by atomic mass is 16.2. The molecule has 0 fully saturated rings. The van der Waals surface area contributed by atoms with Gasteiger partial charge < -0.3 is 10.3 Å². The minimum absolute atomic E-state index is 0.0505. The van der Waals surface area contributed by atoms with Crippen molar-refractivity contribution < 1.29 is 4.79 Å². The number of rotatable bonds is 4. The van der Waals surface area contributed by atoms with Gasteiger partial charge in [0, 0.05) is 13.6 Å². The van der Waals surface area contributed by atoms with Gasteiger partial charge in [-0.1, -0.05) is 42.0 Å². The number of benzene rings is 2. The van der Waals surface area contributed by atoms with E-state index in [4.69, 9.17) is 5.84 Å². The molecule has 0 aliphatic carbocycles. The molecule has 4 heteroatoms. The summed E-state index contributed by atoms with van der Waals surface area (Å²) in [6.07, 6.45) is 0. The number of carbonyl (C=O) groups excluding carboxylic acids is 1. The van der Waals surface area contributed by atoms with Crippen LogP contribution in [-0.2, 0) is 6.54 Å². The normalized spacial score (nSPS) is 10.2. The van der Waals surface area contributed by atoms with Crippen LogP contribution >= 0.6 is 0 Å². The molecule has 0 radical (unpaired) electrons. The first-order valence-corrected chi connectivity index (χ1v) is 6.48. The summed E-state index contributed by atoms with van der Waals surface area (Å²) >= 11 is 0. The van der Waals surface area contributed by atoms with E-state index in [1.54, 1.807) is 11.9 Å². The van der Waals surface area contributed by atoms with Gasteiger partial charge in [-0.15, -0.1) is 0 Å². The van der Waals surface area contributed by atoms with Crippen LogP contribution in [0.5, 0.6) is 0 Å². The zero-order valence-corrected chi connectivity index (χ0v) is 11.8. The quantitative estimate of drug-likeness (QED) is 0.662. The Balaban J connectivity index is 2.20. The Morgan fingerprint density at radius 2 is 1.90 bits per heavy atom. The molecule has 0 aromatic heterocycles. The van der Waals surface area contributed by atoms with E-state index in [9.17, 15) is 4.79 Å². The van der Waals surface area contributed by atoms with E-state index < -0.39 is 0 Å². The first-order chi connectivity index (χ1) is 9.61. The number of hydrogen-bond acceptors (Lipinski definition) is 3. The van der Waals surface area contributed by atoms with Crippen LogP contribution < -0.4 is 11.3 Å². The van der Waals surface area contributed by atoms with E-state index in [0.717, 1.165) is 11.1 Å². The van der Waals surface area contributed by atoms with Crippen LogP contribution in [0.3, 0.4) is 0 Å². The number of nitrogens with zero attached hydrogens (tertiary/aromatic N) is 1. The summed E-state index contributed by atoms with van der Waals surface area (Å²) in [5.74, 6) is 5.42.